The van der Waals surface area contributed by atoms with Crippen LogP contribution in [0.4, 0.5) is 0 Å². The van der Waals surface area contributed by atoms with Gasteiger partial charge in [-0.1, -0.05) is 18.2 Å². The molecular weight excluding hydrogens is 290 g/mol. The van der Waals surface area contributed by atoms with Gasteiger partial charge in [-0.3, -0.25) is 0 Å². The van der Waals surface area contributed by atoms with Crippen molar-refractivity contribution in [2.24, 2.45) is 5.73 Å². The van der Waals surface area contributed by atoms with E-state index in [1.807, 2.05) is 12.1 Å². The predicted molar refractivity (Wildman–Crippen MR) is 83.4 cm³/mol. The van der Waals surface area contributed by atoms with Crippen LogP contribution in [-0.4, -0.2) is 7.11 Å². The Morgan fingerprint density at radius 1 is 1.13 bits per heavy atom. The molecule has 3 rings (SSSR count). The first-order valence-electron chi connectivity index (χ1n) is 6.93. The molecule has 0 spiro atoms. The van der Waals surface area contributed by atoms with Crippen molar-refractivity contribution in [3.63, 3.8) is 0 Å². The maximum Gasteiger partial charge on any atom is 0.205 e. The van der Waals surface area contributed by atoms with Crippen molar-refractivity contribution in [2.45, 2.75) is 5.92 Å². The molecule has 0 aromatic heterocycles. The summed E-state index contributed by atoms with van der Waals surface area (Å²) in [5, 5.41) is 18.6. The number of nitrogens with two attached hydrogens (primary N) is 1. The van der Waals surface area contributed by atoms with Gasteiger partial charge in [0, 0.05) is 11.6 Å². The number of rotatable bonds is 2. The predicted octanol–water partition coefficient (Wildman–Crippen LogP) is 2.79. The summed E-state index contributed by atoms with van der Waals surface area (Å²) in [5.74, 6) is 0.887. The summed E-state index contributed by atoms with van der Waals surface area (Å²) in [6, 6.07) is 16.8. The largest absolute Gasteiger partial charge is 0.497 e. The summed E-state index contributed by atoms with van der Waals surface area (Å²) in [7, 11) is 1.57. The highest BCUT2D eigenvalue weighted by Crippen LogP contribution is 2.43. The van der Waals surface area contributed by atoms with Crippen LogP contribution in [0.5, 0.6) is 11.5 Å². The average molecular weight is 303 g/mol. The van der Waals surface area contributed by atoms with Crippen molar-refractivity contribution >= 4 is 0 Å². The Balaban J connectivity index is 2.21. The number of nitriles is 2. The standard InChI is InChI=1S/C18H13N3O2/c1-22-13-5-6-14-16(8-13)23-18(21)15(10-20)17(14)12-4-2-3-11(7-12)9-19/h2-8,17H,21H2,1H3. The van der Waals surface area contributed by atoms with E-state index < -0.39 is 0 Å². The third-order valence-corrected chi connectivity index (χ3v) is 3.78. The van der Waals surface area contributed by atoms with Crippen molar-refractivity contribution in [2.75, 3.05) is 7.11 Å². The molecule has 23 heavy (non-hydrogen) atoms. The van der Waals surface area contributed by atoms with Gasteiger partial charge in [0.15, 0.2) is 0 Å². The molecular formula is C18H13N3O2. The van der Waals surface area contributed by atoms with Gasteiger partial charge in [-0.2, -0.15) is 10.5 Å². The topological polar surface area (TPSA) is 92.1 Å². The molecule has 112 valence electrons. The van der Waals surface area contributed by atoms with Gasteiger partial charge in [-0.25, -0.2) is 0 Å². The molecule has 1 atom stereocenters. The van der Waals surface area contributed by atoms with Crippen LogP contribution in [0, 0.1) is 22.7 Å². The monoisotopic (exact) mass is 303 g/mol. The number of benzene rings is 2. The lowest BCUT2D eigenvalue weighted by molar-refractivity contribution is 0.381. The van der Waals surface area contributed by atoms with Gasteiger partial charge < -0.3 is 15.2 Å². The zero-order valence-electron chi connectivity index (χ0n) is 12.4. The number of allylic oxidation sites excluding steroid dienone is 1. The lowest BCUT2D eigenvalue weighted by Crippen LogP contribution is -2.21. The van der Waals surface area contributed by atoms with Crippen LogP contribution >= 0.6 is 0 Å². The normalized spacial score (nSPS) is 15.9. The minimum absolute atomic E-state index is 0.0700. The van der Waals surface area contributed by atoms with Gasteiger partial charge in [0.25, 0.3) is 0 Å². The summed E-state index contributed by atoms with van der Waals surface area (Å²) in [6.07, 6.45) is 0. The Morgan fingerprint density at radius 3 is 2.65 bits per heavy atom. The van der Waals surface area contributed by atoms with E-state index in [9.17, 15) is 5.26 Å². The minimum atomic E-state index is -0.372. The molecule has 0 amide bonds. The van der Waals surface area contributed by atoms with Crippen LogP contribution in [0.3, 0.4) is 0 Å². The molecule has 0 fully saturated rings. The minimum Gasteiger partial charge on any atom is -0.497 e. The second kappa shape index (κ2) is 5.75. The summed E-state index contributed by atoms with van der Waals surface area (Å²) in [4.78, 5) is 0. The lowest BCUT2D eigenvalue weighted by atomic mass is 9.83. The molecule has 1 aliphatic rings. The van der Waals surface area contributed by atoms with E-state index in [-0.39, 0.29) is 11.8 Å². The highest BCUT2D eigenvalue weighted by molar-refractivity contribution is 5.57. The number of nitrogens with zero attached hydrogens (tertiary/aromatic N) is 2. The van der Waals surface area contributed by atoms with Crippen LogP contribution in [-0.2, 0) is 0 Å². The van der Waals surface area contributed by atoms with Gasteiger partial charge in [0.2, 0.25) is 5.88 Å². The molecule has 0 aliphatic carbocycles. The number of hydrogen-bond acceptors (Lipinski definition) is 5. The van der Waals surface area contributed by atoms with Gasteiger partial charge in [-0.05, 0) is 23.8 Å². The van der Waals surface area contributed by atoms with E-state index in [1.165, 1.54) is 0 Å². The third kappa shape index (κ3) is 2.45. The fourth-order valence-electron chi connectivity index (χ4n) is 2.69. The van der Waals surface area contributed by atoms with E-state index in [4.69, 9.17) is 20.5 Å². The molecule has 1 unspecified atom stereocenters. The average Bonchev–Trinajstić information content (AvgIpc) is 2.59. The summed E-state index contributed by atoms with van der Waals surface area (Å²) < 4.78 is 10.8. The molecule has 0 bridgehead atoms. The molecule has 5 heteroatoms. The van der Waals surface area contributed by atoms with Crippen molar-refractivity contribution in [1.29, 1.82) is 10.5 Å². The molecule has 1 aliphatic heterocycles. The summed E-state index contributed by atoms with van der Waals surface area (Å²) in [6.45, 7) is 0. The smallest absolute Gasteiger partial charge is 0.205 e. The number of ether oxygens (including phenoxy) is 2. The Hall–Kier alpha value is -3.44. The number of fused-ring (bicyclic) bond motifs is 1. The maximum atomic E-state index is 9.49. The van der Waals surface area contributed by atoms with Gasteiger partial charge in [-0.15, -0.1) is 0 Å². The lowest BCUT2D eigenvalue weighted by Gasteiger charge is -2.26. The number of methoxy groups -OCH3 is 1. The van der Waals surface area contributed by atoms with E-state index in [2.05, 4.69) is 12.1 Å². The quantitative estimate of drug-likeness (QED) is 0.921. The van der Waals surface area contributed by atoms with Crippen molar-refractivity contribution in [1.82, 2.24) is 0 Å². The first-order valence-corrected chi connectivity index (χ1v) is 6.93. The molecule has 0 radical (unpaired) electrons. The van der Waals surface area contributed by atoms with E-state index in [0.717, 1.165) is 11.1 Å². The van der Waals surface area contributed by atoms with Crippen molar-refractivity contribution in [3.05, 3.63) is 70.6 Å². The Labute approximate surface area is 133 Å². The third-order valence-electron chi connectivity index (χ3n) is 3.78. The first-order chi connectivity index (χ1) is 11.2. The molecule has 2 N–H and O–H groups in total. The highest BCUT2D eigenvalue weighted by atomic mass is 16.5. The molecule has 1 heterocycles. The molecule has 0 saturated carbocycles. The van der Waals surface area contributed by atoms with Crippen LogP contribution in [0.15, 0.2) is 53.9 Å². The van der Waals surface area contributed by atoms with Gasteiger partial charge in [0.1, 0.15) is 23.1 Å². The fourth-order valence-corrected chi connectivity index (χ4v) is 2.69. The van der Waals surface area contributed by atoms with E-state index >= 15 is 0 Å². The van der Waals surface area contributed by atoms with Gasteiger partial charge in [0.05, 0.1) is 24.7 Å². The second-order valence-corrected chi connectivity index (χ2v) is 5.07. The molecule has 2 aromatic rings. The Morgan fingerprint density at radius 2 is 1.96 bits per heavy atom. The summed E-state index contributed by atoms with van der Waals surface area (Å²) in [5.41, 5.74) is 8.41. The van der Waals surface area contributed by atoms with Crippen LogP contribution in [0.25, 0.3) is 0 Å². The molecule has 2 aromatic carbocycles. The zero-order valence-corrected chi connectivity index (χ0v) is 12.4. The van der Waals surface area contributed by atoms with E-state index in [0.29, 0.717) is 22.6 Å². The Bertz CT molecular complexity index is 888. The number of hydrogen-bond donors (Lipinski definition) is 1. The van der Waals surface area contributed by atoms with Gasteiger partial charge >= 0.3 is 0 Å². The highest BCUT2D eigenvalue weighted by Gasteiger charge is 2.30. The van der Waals surface area contributed by atoms with E-state index in [1.54, 1.807) is 37.4 Å². The van der Waals surface area contributed by atoms with Crippen molar-refractivity contribution in [3.8, 4) is 23.6 Å². The molecule has 0 saturated heterocycles. The maximum absolute atomic E-state index is 9.49. The zero-order chi connectivity index (χ0) is 16.4. The van der Waals surface area contributed by atoms with Crippen LogP contribution in [0.2, 0.25) is 0 Å². The van der Waals surface area contributed by atoms with Crippen LogP contribution < -0.4 is 15.2 Å². The van der Waals surface area contributed by atoms with Crippen molar-refractivity contribution < 1.29 is 9.47 Å². The Kier molecular flexibility index (Phi) is 3.62. The second-order valence-electron chi connectivity index (χ2n) is 5.07. The summed E-state index contributed by atoms with van der Waals surface area (Å²) >= 11 is 0. The SMILES string of the molecule is COc1ccc2c(c1)OC(N)=C(C#N)C2c1cccc(C#N)c1. The van der Waals surface area contributed by atoms with Crippen LogP contribution in [0.1, 0.15) is 22.6 Å². The fraction of sp³-hybridized carbons (Fsp3) is 0.111. The first kappa shape index (κ1) is 14.5. The molecule has 5 nitrogen and oxygen atoms in total.